The fourth-order valence-corrected chi connectivity index (χ4v) is 2.68. The third-order valence-electron chi connectivity index (χ3n) is 3.90. The largest absolute Gasteiger partial charge is 0.479 e. The Morgan fingerprint density at radius 3 is 1.88 bits per heavy atom. The smallest absolute Gasteiger partial charge is 0.340 e. The third kappa shape index (κ3) is 5.62. The van der Waals surface area contributed by atoms with Crippen LogP contribution in [0.25, 0.3) is 0 Å². The second-order valence-electron chi connectivity index (χ2n) is 5.74. The average Bonchev–Trinajstić information content (AvgIpc) is 2.93. The van der Waals surface area contributed by atoms with Crippen LogP contribution in [-0.2, 0) is 20.0 Å². The summed E-state index contributed by atoms with van der Waals surface area (Å²) < 4.78 is 26.4. The Labute approximate surface area is 147 Å². The molecule has 1 fully saturated rings. The van der Waals surface area contributed by atoms with Gasteiger partial charge in [0.25, 0.3) is 0 Å². The molecule has 2 atom stereocenters. The molecule has 142 valence electrons. The van der Waals surface area contributed by atoms with Gasteiger partial charge in [-0.25, -0.2) is 23.2 Å². The van der Waals surface area contributed by atoms with Crippen LogP contribution in [0.4, 0.5) is 8.78 Å². The molecule has 0 bridgehead atoms. The molecule has 1 aromatic carbocycles. The number of alkyl halides is 2. The lowest BCUT2D eigenvalue weighted by Gasteiger charge is -2.30. The molecule has 0 saturated heterocycles. The van der Waals surface area contributed by atoms with E-state index in [2.05, 4.69) is 0 Å². The van der Waals surface area contributed by atoms with Crippen molar-refractivity contribution in [1.29, 1.82) is 0 Å². The first-order chi connectivity index (χ1) is 12.0. The highest BCUT2D eigenvalue weighted by atomic mass is 19.3. The van der Waals surface area contributed by atoms with E-state index in [9.17, 15) is 33.4 Å². The molecule has 0 heterocycles. The Bertz CT molecular complexity index is 672. The lowest BCUT2D eigenvalue weighted by Crippen LogP contribution is -2.42. The van der Waals surface area contributed by atoms with Crippen LogP contribution in [0.1, 0.15) is 24.8 Å². The van der Waals surface area contributed by atoms with Gasteiger partial charge in [0.1, 0.15) is 0 Å². The van der Waals surface area contributed by atoms with Crippen LogP contribution in [0.5, 0.6) is 0 Å². The fraction of sp³-hybridized carbons (Fsp3) is 0.353. The van der Waals surface area contributed by atoms with Crippen molar-refractivity contribution < 1.29 is 43.6 Å². The summed E-state index contributed by atoms with van der Waals surface area (Å²) in [5, 5.41) is 35.2. The Balaban J connectivity index is 0.000000359. The number of hydrogen-bond acceptors (Lipinski definition) is 4. The third-order valence-corrected chi connectivity index (χ3v) is 3.90. The predicted molar refractivity (Wildman–Crippen MR) is 84.7 cm³/mol. The maximum absolute atomic E-state index is 13.2. The van der Waals surface area contributed by atoms with E-state index in [4.69, 9.17) is 10.2 Å². The normalized spacial score (nSPS) is 20.7. The molecule has 0 aliphatic heterocycles. The second kappa shape index (κ2) is 8.52. The summed E-state index contributed by atoms with van der Waals surface area (Å²) in [6, 6.07) is 7.73. The minimum Gasteiger partial charge on any atom is -0.479 e. The van der Waals surface area contributed by atoms with Gasteiger partial charge in [0.15, 0.2) is 5.60 Å². The van der Waals surface area contributed by atoms with Crippen molar-refractivity contribution in [3.8, 4) is 0 Å². The lowest BCUT2D eigenvalue weighted by molar-refractivity contribution is -0.167. The van der Waals surface area contributed by atoms with Crippen molar-refractivity contribution in [3.63, 3.8) is 0 Å². The van der Waals surface area contributed by atoms with E-state index in [0.717, 1.165) is 0 Å². The van der Waals surface area contributed by atoms with E-state index >= 15 is 0 Å². The quantitative estimate of drug-likeness (QED) is 0.582. The zero-order valence-electron chi connectivity index (χ0n) is 13.5. The summed E-state index contributed by atoms with van der Waals surface area (Å²) >= 11 is 0. The molecule has 0 aromatic heterocycles. The number of benzene rings is 1. The number of carbonyl (C=O) groups is 3. The van der Waals surface area contributed by atoms with Gasteiger partial charge in [-0.05, 0) is 12.0 Å². The van der Waals surface area contributed by atoms with Crippen molar-refractivity contribution >= 4 is 17.9 Å². The molecular weight excluding hydrogens is 354 g/mol. The van der Waals surface area contributed by atoms with E-state index in [1.165, 1.54) is 12.1 Å². The van der Waals surface area contributed by atoms with Crippen LogP contribution in [0, 0.1) is 5.92 Å². The Hall–Kier alpha value is -2.81. The van der Waals surface area contributed by atoms with Crippen molar-refractivity contribution in [3.05, 3.63) is 48.0 Å². The molecule has 1 aliphatic carbocycles. The number of hydrogen-bond donors (Lipinski definition) is 4. The van der Waals surface area contributed by atoms with Gasteiger partial charge in [-0.1, -0.05) is 30.3 Å². The number of carboxylic acid groups (broad SMARTS) is 3. The van der Waals surface area contributed by atoms with Gasteiger partial charge in [-0.2, -0.15) is 0 Å². The zero-order chi connectivity index (χ0) is 20.0. The van der Waals surface area contributed by atoms with Gasteiger partial charge in [0.2, 0.25) is 5.92 Å². The first kappa shape index (κ1) is 21.2. The van der Waals surface area contributed by atoms with E-state index in [0.29, 0.717) is 12.2 Å². The molecule has 0 unspecified atom stereocenters. The monoisotopic (exact) mass is 372 g/mol. The summed E-state index contributed by atoms with van der Waals surface area (Å²) in [6.45, 7) is 0. The lowest BCUT2D eigenvalue weighted by atomic mass is 9.80. The number of aliphatic hydroxyl groups is 1. The van der Waals surface area contributed by atoms with Crippen LogP contribution in [0.2, 0.25) is 0 Å². The molecule has 0 radical (unpaired) electrons. The van der Waals surface area contributed by atoms with Gasteiger partial charge in [0.05, 0.1) is 0 Å². The van der Waals surface area contributed by atoms with Crippen LogP contribution >= 0.6 is 0 Å². The van der Waals surface area contributed by atoms with Gasteiger partial charge in [0, 0.05) is 30.9 Å². The zero-order valence-corrected chi connectivity index (χ0v) is 13.5. The highest BCUT2D eigenvalue weighted by molar-refractivity contribution is 5.89. The first-order valence-electron chi connectivity index (χ1n) is 7.52. The van der Waals surface area contributed by atoms with Crippen LogP contribution < -0.4 is 0 Å². The van der Waals surface area contributed by atoms with E-state index in [-0.39, 0.29) is 18.4 Å². The summed E-state index contributed by atoms with van der Waals surface area (Å²) in [7, 11) is 0. The summed E-state index contributed by atoms with van der Waals surface area (Å²) in [6.07, 6.45) is 0.153. The molecule has 7 nitrogen and oxygen atoms in total. The minimum absolute atomic E-state index is 0.00466. The molecule has 26 heavy (non-hydrogen) atoms. The minimum atomic E-state index is -2.89. The van der Waals surface area contributed by atoms with Crippen molar-refractivity contribution in [2.45, 2.75) is 30.8 Å². The van der Waals surface area contributed by atoms with Crippen LogP contribution in [0.15, 0.2) is 42.5 Å². The fourth-order valence-electron chi connectivity index (χ4n) is 2.68. The highest BCUT2D eigenvalue weighted by Crippen LogP contribution is 2.47. The molecule has 1 aromatic rings. The van der Waals surface area contributed by atoms with Crippen LogP contribution in [-0.4, -0.2) is 44.3 Å². The van der Waals surface area contributed by atoms with Gasteiger partial charge >= 0.3 is 17.9 Å². The van der Waals surface area contributed by atoms with E-state index in [1.54, 1.807) is 18.2 Å². The van der Waals surface area contributed by atoms with Gasteiger partial charge in [-0.3, -0.25) is 0 Å². The molecule has 1 aliphatic rings. The summed E-state index contributed by atoms with van der Waals surface area (Å²) in [5.74, 6) is -7.84. The average molecular weight is 372 g/mol. The Morgan fingerprint density at radius 2 is 1.54 bits per heavy atom. The molecule has 2 rings (SSSR count). The first-order valence-corrected chi connectivity index (χ1v) is 7.52. The molecule has 0 amide bonds. The molecule has 9 heteroatoms. The highest BCUT2D eigenvalue weighted by Gasteiger charge is 2.53. The molecular formula is C17H18F2O7. The maximum atomic E-state index is 13.2. The Kier molecular flexibility index (Phi) is 6.96. The number of carboxylic acids is 3. The number of halogens is 2. The maximum Gasteiger partial charge on any atom is 0.340 e. The summed E-state index contributed by atoms with van der Waals surface area (Å²) in [4.78, 5) is 30.4. The van der Waals surface area contributed by atoms with Crippen molar-refractivity contribution in [1.82, 2.24) is 0 Å². The number of rotatable bonds is 5. The van der Waals surface area contributed by atoms with E-state index < -0.39 is 41.8 Å². The van der Waals surface area contributed by atoms with Gasteiger partial charge < -0.3 is 20.4 Å². The number of aliphatic carboxylic acids is 3. The van der Waals surface area contributed by atoms with Gasteiger partial charge in [-0.15, -0.1) is 0 Å². The van der Waals surface area contributed by atoms with Crippen molar-refractivity contribution in [2.24, 2.45) is 5.92 Å². The molecule has 0 spiro atoms. The molecule has 4 N–H and O–H groups in total. The predicted octanol–water partition coefficient (Wildman–Crippen LogP) is 2.11. The van der Waals surface area contributed by atoms with Crippen molar-refractivity contribution in [2.75, 3.05) is 0 Å². The SMILES string of the molecule is O=C(O)C=CC(=O)O.O=C(O)[C@](O)(c1ccccc1)[C@@H]1CCC(F)(F)C1. The summed E-state index contributed by atoms with van der Waals surface area (Å²) in [5.41, 5.74) is -2.08. The standard InChI is InChI=1S/C13H14F2O3.C4H4O4/c14-12(15)7-6-10(8-12)13(18,11(16)17)9-4-2-1-3-5-9;5-3(6)1-2-4(7)8/h1-5,10,18H,6-8H2,(H,16,17);1-2H,(H,5,6)(H,7,8)/t10-,13+;/m1./s1. The van der Waals surface area contributed by atoms with E-state index in [1.807, 2.05) is 0 Å². The Morgan fingerprint density at radius 1 is 1.04 bits per heavy atom. The second-order valence-corrected chi connectivity index (χ2v) is 5.74. The van der Waals surface area contributed by atoms with Crippen LogP contribution in [0.3, 0.4) is 0 Å². The molecule has 1 saturated carbocycles. The topological polar surface area (TPSA) is 132 Å².